The average Bonchev–Trinajstić information content (AvgIpc) is 2.44. The maximum atomic E-state index is 10.1. The van der Waals surface area contributed by atoms with Crippen LogP contribution in [0.5, 0.6) is 5.75 Å². The molecule has 0 aliphatic heterocycles. The first kappa shape index (κ1) is 21.4. The Kier molecular flexibility index (Phi) is 8.71. The van der Waals surface area contributed by atoms with Gasteiger partial charge in [0.15, 0.2) is 0 Å². The van der Waals surface area contributed by atoms with Crippen LogP contribution in [0.25, 0.3) is 0 Å². The van der Waals surface area contributed by atoms with Gasteiger partial charge >= 0.3 is 0 Å². The molecule has 0 fully saturated rings. The molecule has 0 saturated heterocycles. The first-order valence-electron chi connectivity index (χ1n) is 8.56. The van der Waals surface area contributed by atoms with Crippen LogP contribution in [-0.2, 0) is 4.74 Å². The lowest BCUT2D eigenvalue weighted by Crippen LogP contribution is -2.97. The highest BCUT2D eigenvalue weighted by Gasteiger charge is 2.28. The Balaban J connectivity index is 2.13. The second-order valence-corrected chi connectivity index (χ2v) is 9.11. The monoisotopic (exact) mass is 402 g/mol. The number of halogens is 1. The van der Waals surface area contributed by atoms with Crippen molar-refractivity contribution in [2.45, 2.75) is 52.7 Å². The van der Waals surface area contributed by atoms with Crippen molar-refractivity contribution in [1.82, 2.24) is 0 Å². The van der Waals surface area contributed by atoms with Crippen LogP contribution in [0.3, 0.4) is 0 Å². The molecule has 0 bridgehead atoms. The number of hydrogen-bond acceptors (Lipinski definition) is 3. The number of hydrogen-bond donors (Lipinski definition) is 2. The fourth-order valence-corrected chi connectivity index (χ4v) is 3.20. The van der Waals surface area contributed by atoms with Crippen LogP contribution in [0.2, 0.25) is 0 Å². The zero-order valence-corrected chi connectivity index (χ0v) is 17.2. The first-order valence-corrected chi connectivity index (χ1v) is 9.35. The molecule has 4 nitrogen and oxygen atoms in total. The van der Waals surface area contributed by atoms with Gasteiger partial charge in [-0.15, -0.1) is 0 Å². The molecule has 3 N–H and O–H groups in total. The molecule has 1 aromatic rings. The maximum absolute atomic E-state index is 10.1. The summed E-state index contributed by atoms with van der Waals surface area (Å²) in [6.45, 7) is 13.1. The SMILES string of the molecule is CC(C)(C)CC(C)(C)[NH2+]C[C@@H](O)COCCOc1ccc(Br)cc1. The van der Waals surface area contributed by atoms with Crippen LogP contribution in [0.1, 0.15) is 41.0 Å². The number of rotatable bonds is 10. The number of aliphatic hydroxyl groups is 1. The first-order chi connectivity index (χ1) is 11.1. The molecule has 5 heteroatoms. The lowest BCUT2D eigenvalue weighted by molar-refractivity contribution is -0.728. The highest BCUT2D eigenvalue weighted by molar-refractivity contribution is 9.10. The predicted molar refractivity (Wildman–Crippen MR) is 101 cm³/mol. The minimum absolute atomic E-state index is 0.115. The zero-order chi connectivity index (χ0) is 18.2. The Labute approximate surface area is 155 Å². The van der Waals surface area contributed by atoms with Crippen molar-refractivity contribution < 1.29 is 19.9 Å². The molecule has 138 valence electrons. The standard InChI is InChI=1S/C19H32BrNO3/c1-18(2,3)14-19(4,5)21-12-16(22)13-23-10-11-24-17-8-6-15(20)7-9-17/h6-9,16,21-22H,10-14H2,1-5H3/p+1/t16-/m1/s1. The molecule has 0 unspecified atom stereocenters. The summed E-state index contributed by atoms with van der Waals surface area (Å²) in [6, 6.07) is 7.70. The Morgan fingerprint density at radius 1 is 1.08 bits per heavy atom. The van der Waals surface area contributed by atoms with Gasteiger partial charge in [0.25, 0.3) is 0 Å². The Hall–Kier alpha value is -0.620. The average molecular weight is 403 g/mol. The number of aliphatic hydroxyl groups excluding tert-OH is 1. The van der Waals surface area contributed by atoms with E-state index in [4.69, 9.17) is 9.47 Å². The molecule has 0 aromatic heterocycles. The second-order valence-electron chi connectivity index (χ2n) is 8.20. The van der Waals surface area contributed by atoms with E-state index in [0.29, 0.717) is 26.4 Å². The fraction of sp³-hybridized carbons (Fsp3) is 0.684. The molecule has 0 aliphatic rings. The predicted octanol–water partition coefficient (Wildman–Crippen LogP) is 2.98. The van der Waals surface area contributed by atoms with Gasteiger partial charge in [-0.2, -0.15) is 0 Å². The van der Waals surface area contributed by atoms with E-state index < -0.39 is 6.10 Å². The third-order valence-electron chi connectivity index (χ3n) is 3.55. The third kappa shape index (κ3) is 10.3. The van der Waals surface area contributed by atoms with E-state index in [2.05, 4.69) is 55.9 Å². The maximum Gasteiger partial charge on any atom is 0.126 e. The zero-order valence-electron chi connectivity index (χ0n) is 15.6. The van der Waals surface area contributed by atoms with Gasteiger partial charge in [0.05, 0.1) is 18.8 Å². The van der Waals surface area contributed by atoms with Crippen LogP contribution in [0.4, 0.5) is 0 Å². The van der Waals surface area contributed by atoms with Crippen LogP contribution < -0.4 is 10.1 Å². The van der Waals surface area contributed by atoms with Gasteiger partial charge in [0.1, 0.15) is 25.0 Å². The van der Waals surface area contributed by atoms with Crippen molar-refractivity contribution in [3.05, 3.63) is 28.7 Å². The van der Waals surface area contributed by atoms with Gasteiger partial charge < -0.3 is 19.9 Å². The molecule has 0 amide bonds. The molecule has 1 aromatic carbocycles. The van der Waals surface area contributed by atoms with Crippen molar-refractivity contribution in [3.8, 4) is 5.75 Å². The van der Waals surface area contributed by atoms with Gasteiger partial charge in [0.2, 0.25) is 0 Å². The van der Waals surface area contributed by atoms with Crippen molar-refractivity contribution in [2.75, 3.05) is 26.4 Å². The summed E-state index contributed by atoms with van der Waals surface area (Å²) < 4.78 is 12.1. The molecule has 1 rings (SSSR count). The van der Waals surface area contributed by atoms with E-state index >= 15 is 0 Å². The van der Waals surface area contributed by atoms with Gasteiger partial charge in [-0.05, 0) is 43.5 Å². The molecule has 0 radical (unpaired) electrons. The van der Waals surface area contributed by atoms with Crippen LogP contribution >= 0.6 is 15.9 Å². The highest BCUT2D eigenvalue weighted by atomic mass is 79.9. The highest BCUT2D eigenvalue weighted by Crippen LogP contribution is 2.24. The van der Waals surface area contributed by atoms with Crippen molar-refractivity contribution in [3.63, 3.8) is 0 Å². The van der Waals surface area contributed by atoms with Crippen molar-refractivity contribution in [2.24, 2.45) is 5.41 Å². The smallest absolute Gasteiger partial charge is 0.126 e. The van der Waals surface area contributed by atoms with Crippen LogP contribution in [0, 0.1) is 5.41 Å². The summed E-state index contributed by atoms with van der Waals surface area (Å²) >= 11 is 3.39. The van der Waals surface area contributed by atoms with E-state index in [1.54, 1.807) is 0 Å². The Morgan fingerprint density at radius 2 is 1.71 bits per heavy atom. The quantitative estimate of drug-likeness (QED) is 0.591. The van der Waals surface area contributed by atoms with E-state index in [0.717, 1.165) is 16.6 Å². The summed E-state index contributed by atoms with van der Waals surface area (Å²) in [7, 11) is 0. The molecule has 0 spiro atoms. The Morgan fingerprint density at radius 3 is 2.29 bits per heavy atom. The molecular weight excluding hydrogens is 370 g/mol. The lowest BCUT2D eigenvalue weighted by atomic mass is 9.82. The molecule has 0 heterocycles. The van der Waals surface area contributed by atoms with Gasteiger partial charge in [-0.1, -0.05) is 36.7 Å². The number of ether oxygens (including phenoxy) is 2. The molecule has 24 heavy (non-hydrogen) atoms. The van der Waals surface area contributed by atoms with E-state index in [9.17, 15) is 5.11 Å². The van der Waals surface area contributed by atoms with Crippen molar-refractivity contribution >= 4 is 15.9 Å². The summed E-state index contributed by atoms with van der Waals surface area (Å²) in [4.78, 5) is 0. The summed E-state index contributed by atoms with van der Waals surface area (Å²) in [6.07, 6.45) is 0.631. The summed E-state index contributed by atoms with van der Waals surface area (Å²) in [5, 5.41) is 12.3. The van der Waals surface area contributed by atoms with Gasteiger partial charge in [-0.3, -0.25) is 0 Å². The molecule has 0 saturated carbocycles. The number of quaternary nitrogens is 1. The molecular formula is C19H33BrNO3+. The Bertz CT molecular complexity index is 468. The van der Waals surface area contributed by atoms with E-state index in [-0.39, 0.29) is 11.0 Å². The summed E-state index contributed by atoms with van der Waals surface area (Å²) in [5.41, 5.74) is 0.399. The van der Waals surface area contributed by atoms with Crippen molar-refractivity contribution in [1.29, 1.82) is 0 Å². The minimum Gasteiger partial charge on any atom is -0.491 e. The molecule has 0 aliphatic carbocycles. The normalized spacial score (nSPS) is 13.8. The largest absolute Gasteiger partial charge is 0.491 e. The number of benzene rings is 1. The number of nitrogens with two attached hydrogens (primary N) is 1. The van der Waals surface area contributed by atoms with Gasteiger partial charge in [0, 0.05) is 10.9 Å². The third-order valence-corrected chi connectivity index (χ3v) is 4.08. The van der Waals surface area contributed by atoms with Crippen LogP contribution in [-0.4, -0.2) is 43.1 Å². The van der Waals surface area contributed by atoms with E-state index in [1.807, 2.05) is 24.3 Å². The minimum atomic E-state index is -0.461. The van der Waals surface area contributed by atoms with E-state index in [1.165, 1.54) is 0 Å². The topological polar surface area (TPSA) is 55.3 Å². The fourth-order valence-electron chi connectivity index (χ4n) is 2.93. The second kappa shape index (κ2) is 9.76. The molecule has 1 atom stereocenters. The van der Waals surface area contributed by atoms with Crippen LogP contribution in [0.15, 0.2) is 28.7 Å². The van der Waals surface area contributed by atoms with Gasteiger partial charge in [-0.25, -0.2) is 0 Å². The lowest BCUT2D eigenvalue weighted by Gasteiger charge is -2.31. The summed E-state index contributed by atoms with van der Waals surface area (Å²) in [5.74, 6) is 0.819.